The summed E-state index contributed by atoms with van der Waals surface area (Å²) in [5.74, 6) is 0. The monoisotopic (exact) mass is 388 g/mol. The van der Waals surface area contributed by atoms with Gasteiger partial charge in [0.1, 0.15) is 11.3 Å². The van der Waals surface area contributed by atoms with E-state index in [-0.39, 0.29) is 0 Å². The number of aromatic nitrogens is 4. The van der Waals surface area contributed by atoms with E-state index in [1.165, 1.54) is 6.42 Å². The summed E-state index contributed by atoms with van der Waals surface area (Å²) < 4.78 is 3.80. The molecule has 0 atom stereocenters. The predicted molar refractivity (Wildman–Crippen MR) is 117 cm³/mol. The molecule has 0 N–H and O–H groups in total. The summed E-state index contributed by atoms with van der Waals surface area (Å²) in [7, 11) is 0. The third-order valence-corrected chi connectivity index (χ3v) is 3.42. The molecule has 4 rings (SSSR count). The molecule has 0 saturated carbocycles. The molecule has 0 aliphatic carbocycles. The lowest BCUT2D eigenvalue weighted by Gasteiger charge is -1.90. The van der Waals surface area contributed by atoms with E-state index in [9.17, 15) is 0 Å². The highest BCUT2D eigenvalue weighted by molar-refractivity contribution is 5.47. The zero-order valence-electron chi connectivity index (χ0n) is 18.0. The lowest BCUT2D eigenvalue weighted by Crippen LogP contribution is -1.82. The van der Waals surface area contributed by atoms with Crippen LogP contribution in [0.3, 0.4) is 0 Å². The molecule has 0 aromatic carbocycles. The molecule has 6 heteroatoms. The molecule has 4 heterocycles. The third-order valence-electron chi connectivity index (χ3n) is 3.42. The molecule has 0 aliphatic heterocycles. The summed E-state index contributed by atoms with van der Waals surface area (Å²) in [4.78, 5) is 8.47. The number of fused-ring (bicyclic) bond motifs is 2. The number of nitriles is 2. The molecule has 0 saturated heterocycles. The molecule has 150 valence electrons. The summed E-state index contributed by atoms with van der Waals surface area (Å²) in [6.07, 6.45) is 8.79. The fourth-order valence-electron chi connectivity index (χ4n) is 2.36. The Morgan fingerprint density at radius 3 is 1.45 bits per heavy atom. The zero-order chi connectivity index (χ0) is 21.8. The van der Waals surface area contributed by atoms with Crippen molar-refractivity contribution in [1.29, 1.82) is 10.5 Å². The van der Waals surface area contributed by atoms with Crippen molar-refractivity contribution >= 4 is 11.3 Å². The number of hydrogen-bond donors (Lipinski definition) is 0. The van der Waals surface area contributed by atoms with Crippen molar-refractivity contribution in [2.24, 2.45) is 0 Å². The molecule has 0 bridgehead atoms. The van der Waals surface area contributed by atoms with Crippen LogP contribution in [0.1, 0.15) is 56.6 Å². The van der Waals surface area contributed by atoms with Gasteiger partial charge in [-0.25, -0.2) is 9.97 Å². The standard InChI is InChI=1S/2C9H7N3.C3H8.C2H6/c2*1-7-6-12-3-2-8(5-10)4-9(12)11-7;1-3-2;1-2/h2*2-4,6H,1H3;3H2,1-2H3;1-2H3. The van der Waals surface area contributed by atoms with Gasteiger partial charge in [-0.3, -0.25) is 0 Å². The Morgan fingerprint density at radius 1 is 0.793 bits per heavy atom. The zero-order valence-corrected chi connectivity index (χ0v) is 18.0. The van der Waals surface area contributed by atoms with E-state index in [2.05, 4.69) is 36.0 Å². The van der Waals surface area contributed by atoms with Gasteiger partial charge in [-0.2, -0.15) is 10.5 Å². The molecular weight excluding hydrogens is 360 g/mol. The smallest absolute Gasteiger partial charge is 0.138 e. The summed E-state index contributed by atoms with van der Waals surface area (Å²) >= 11 is 0. The molecule has 0 aliphatic rings. The summed E-state index contributed by atoms with van der Waals surface area (Å²) in [5, 5.41) is 17.2. The first-order valence-corrected chi connectivity index (χ1v) is 9.71. The minimum atomic E-state index is 0.646. The van der Waals surface area contributed by atoms with Crippen molar-refractivity contribution in [3.63, 3.8) is 0 Å². The number of nitrogens with zero attached hydrogens (tertiary/aromatic N) is 6. The van der Waals surface area contributed by atoms with Crippen molar-refractivity contribution in [1.82, 2.24) is 18.8 Å². The van der Waals surface area contributed by atoms with Crippen molar-refractivity contribution in [2.45, 2.75) is 48.0 Å². The second kappa shape index (κ2) is 11.9. The van der Waals surface area contributed by atoms with Crippen LogP contribution in [0.15, 0.2) is 49.1 Å². The molecule has 0 amide bonds. The first-order valence-electron chi connectivity index (χ1n) is 9.71. The van der Waals surface area contributed by atoms with Crippen LogP contribution in [0.4, 0.5) is 0 Å². The molecule has 29 heavy (non-hydrogen) atoms. The highest BCUT2D eigenvalue weighted by Crippen LogP contribution is 2.07. The fourth-order valence-corrected chi connectivity index (χ4v) is 2.36. The van der Waals surface area contributed by atoms with E-state index >= 15 is 0 Å². The summed E-state index contributed by atoms with van der Waals surface area (Å²) in [5.41, 5.74) is 4.87. The summed E-state index contributed by atoms with van der Waals surface area (Å²) in [6, 6.07) is 11.2. The van der Waals surface area contributed by atoms with Gasteiger partial charge in [0, 0.05) is 24.8 Å². The summed E-state index contributed by atoms with van der Waals surface area (Å²) in [6.45, 7) is 12.1. The molecule has 4 aromatic heterocycles. The number of pyridine rings is 2. The Bertz CT molecular complexity index is 1030. The third kappa shape index (κ3) is 6.79. The first kappa shape index (κ1) is 23.4. The minimum absolute atomic E-state index is 0.646. The topological polar surface area (TPSA) is 82.2 Å². The lowest BCUT2D eigenvalue weighted by molar-refractivity contribution is 1.09. The maximum atomic E-state index is 8.62. The van der Waals surface area contributed by atoms with E-state index < -0.39 is 0 Å². The predicted octanol–water partition coefficient (Wildman–Crippen LogP) is 5.47. The quantitative estimate of drug-likeness (QED) is 0.400. The van der Waals surface area contributed by atoms with Gasteiger partial charge in [-0.05, 0) is 38.1 Å². The Kier molecular flexibility index (Phi) is 9.64. The van der Waals surface area contributed by atoms with Crippen molar-refractivity contribution in [3.8, 4) is 12.1 Å². The Hall–Kier alpha value is -3.64. The number of aryl methyl sites for hydroxylation is 2. The van der Waals surface area contributed by atoms with Gasteiger partial charge in [-0.1, -0.05) is 34.1 Å². The molecule has 0 fully saturated rings. The molecule has 0 radical (unpaired) electrons. The maximum absolute atomic E-state index is 8.62. The molecule has 4 aromatic rings. The molecule has 0 spiro atoms. The Balaban J connectivity index is 0.000000238. The van der Waals surface area contributed by atoms with Gasteiger partial charge < -0.3 is 8.80 Å². The van der Waals surface area contributed by atoms with Crippen LogP contribution in [0, 0.1) is 36.5 Å². The molecule has 0 unspecified atom stereocenters. The van der Waals surface area contributed by atoms with E-state index in [4.69, 9.17) is 10.5 Å². The highest BCUT2D eigenvalue weighted by atomic mass is 15.0. The normalized spacial score (nSPS) is 9.10. The van der Waals surface area contributed by atoms with Crippen LogP contribution in [0.25, 0.3) is 11.3 Å². The van der Waals surface area contributed by atoms with Crippen LogP contribution in [0.5, 0.6) is 0 Å². The van der Waals surface area contributed by atoms with Crippen LogP contribution in [-0.2, 0) is 0 Å². The van der Waals surface area contributed by atoms with Gasteiger partial charge in [0.15, 0.2) is 0 Å². The molecular formula is C23H28N6. The minimum Gasteiger partial charge on any atom is -0.307 e. The van der Waals surface area contributed by atoms with Gasteiger partial charge in [-0.15, -0.1) is 0 Å². The van der Waals surface area contributed by atoms with Crippen LogP contribution >= 0.6 is 0 Å². The van der Waals surface area contributed by atoms with Gasteiger partial charge in [0.2, 0.25) is 0 Å². The highest BCUT2D eigenvalue weighted by Gasteiger charge is 1.98. The van der Waals surface area contributed by atoms with Crippen molar-refractivity contribution in [2.75, 3.05) is 0 Å². The van der Waals surface area contributed by atoms with E-state index in [0.717, 1.165) is 22.7 Å². The lowest BCUT2D eigenvalue weighted by atomic mass is 10.3. The fraction of sp³-hybridized carbons (Fsp3) is 0.304. The average molecular weight is 389 g/mol. The van der Waals surface area contributed by atoms with Gasteiger partial charge in [0.25, 0.3) is 0 Å². The largest absolute Gasteiger partial charge is 0.307 e. The van der Waals surface area contributed by atoms with E-state index in [1.807, 2.05) is 61.3 Å². The number of hydrogen-bond acceptors (Lipinski definition) is 4. The number of imidazole rings is 2. The second-order valence-electron chi connectivity index (χ2n) is 6.06. The van der Waals surface area contributed by atoms with E-state index in [1.54, 1.807) is 24.3 Å². The van der Waals surface area contributed by atoms with Crippen molar-refractivity contribution in [3.05, 3.63) is 71.6 Å². The van der Waals surface area contributed by atoms with Crippen LogP contribution < -0.4 is 0 Å². The first-order chi connectivity index (χ1) is 14.0. The Labute approximate surface area is 172 Å². The van der Waals surface area contributed by atoms with Crippen molar-refractivity contribution < 1.29 is 0 Å². The average Bonchev–Trinajstić information content (AvgIpc) is 3.29. The maximum Gasteiger partial charge on any atom is 0.138 e. The van der Waals surface area contributed by atoms with E-state index in [0.29, 0.717) is 11.1 Å². The second-order valence-corrected chi connectivity index (χ2v) is 6.06. The van der Waals surface area contributed by atoms with Crippen LogP contribution in [-0.4, -0.2) is 18.8 Å². The SMILES string of the molecule is CC.CCC.Cc1cn2ccc(C#N)cc2n1.Cc1cn2ccc(C#N)cc2n1. The molecule has 6 nitrogen and oxygen atoms in total. The van der Waals surface area contributed by atoms with Gasteiger partial charge in [0.05, 0.1) is 34.7 Å². The van der Waals surface area contributed by atoms with Crippen LogP contribution in [0.2, 0.25) is 0 Å². The number of rotatable bonds is 0. The Morgan fingerprint density at radius 2 is 1.14 bits per heavy atom. The van der Waals surface area contributed by atoms with Gasteiger partial charge >= 0.3 is 0 Å².